The number of sulfonamides is 1. The van der Waals surface area contributed by atoms with Gasteiger partial charge in [0.05, 0.1) is 15.9 Å². The van der Waals surface area contributed by atoms with Crippen LogP contribution in [-0.2, 0) is 10.0 Å². The molecule has 1 saturated carbocycles. The van der Waals surface area contributed by atoms with Crippen LogP contribution in [0.3, 0.4) is 0 Å². The molecule has 0 radical (unpaired) electrons. The van der Waals surface area contributed by atoms with Crippen LogP contribution in [0, 0.1) is 16.0 Å². The first-order valence-electron chi connectivity index (χ1n) is 11.4. The standard InChI is InChI=1S/C24H27N3O5S/c28-23-12-9-16(27(29)30)13-21(23)24-19-8-4-7-18(19)20-14-17(10-11-22(20)25-24)33(31,32)26-15-5-2-1-3-6-15/h4,7,9-15,18-19,24-26,28H,1-3,5-6,8H2. The van der Waals surface area contributed by atoms with Crippen molar-refractivity contribution >= 4 is 21.4 Å². The molecule has 174 valence electrons. The molecule has 0 aromatic heterocycles. The first-order valence-corrected chi connectivity index (χ1v) is 12.9. The van der Waals surface area contributed by atoms with Gasteiger partial charge in [-0.1, -0.05) is 31.4 Å². The number of fused-ring (bicyclic) bond motifs is 3. The Labute approximate surface area is 192 Å². The number of non-ortho nitro benzene ring substituents is 1. The van der Waals surface area contributed by atoms with Gasteiger partial charge < -0.3 is 10.4 Å². The lowest BCUT2D eigenvalue weighted by molar-refractivity contribution is -0.385. The van der Waals surface area contributed by atoms with Crippen molar-refractivity contribution in [1.82, 2.24) is 4.72 Å². The first-order chi connectivity index (χ1) is 15.8. The van der Waals surface area contributed by atoms with Crippen molar-refractivity contribution in [2.24, 2.45) is 5.92 Å². The van der Waals surface area contributed by atoms with E-state index in [2.05, 4.69) is 22.2 Å². The molecule has 1 fully saturated rings. The summed E-state index contributed by atoms with van der Waals surface area (Å²) in [5, 5.41) is 25.2. The van der Waals surface area contributed by atoms with Gasteiger partial charge in [-0.25, -0.2) is 13.1 Å². The summed E-state index contributed by atoms with van der Waals surface area (Å²) in [7, 11) is -3.63. The molecular weight excluding hydrogens is 442 g/mol. The monoisotopic (exact) mass is 469 g/mol. The van der Waals surface area contributed by atoms with Crippen LogP contribution >= 0.6 is 0 Å². The minimum atomic E-state index is -3.63. The predicted octanol–water partition coefficient (Wildman–Crippen LogP) is 4.74. The van der Waals surface area contributed by atoms with E-state index in [4.69, 9.17) is 0 Å². The molecule has 1 aliphatic heterocycles. The molecule has 3 N–H and O–H groups in total. The molecule has 2 aliphatic carbocycles. The number of allylic oxidation sites excluding steroid dienone is 2. The number of nitro benzene ring substituents is 1. The third kappa shape index (κ3) is 4.11. The fourth-order valence-corrected chi connectivity index (χ4v) is 6.80. The average Bonchev–Trinajstić information content (AvgIpc) is 3.29. The van der Waals surface area contributed by atoms with Gasteiger partial charge in [-0.15, -0.1) is 0 Å². The van der Waals surface area contributed by atoms with E-state index in [1.165, 1.54) is 18.2 Å². The van der Waals surface area contributed by atoms with Crippen LogP contribution in [0.25, 0.3) is 0 Å². The molecule has 3 aliphatic rings. The first kappa shape index (κ1) is 21.9. The molecule has 3 atom stereocenters. The van der Waals surface area contributed by atoms with Crippen LogP contribution in [0.2, 0.25) is 0 Å². The van der Waals surface area contributed by atoms with Crippen molar-refractivity contribution in [2.45, 2.75) is 61.4 Å². The van der Waals surface area contributed by atoms with Crippen molar-refractivity contribution in [3.8, 4) is 5.75 Å². The summed E-state index contributed by atoms with van der Waals surface area (Å²) < 4.78 is 29.0. The zero-order valence-electron chi connectivity index (χ0n) is 18.1. The van der Waals surface area contributed by atoms with Gasteiger partial charge in [0.1, 0.15) is 5.75 Å². The maximum absolute atomic E-state index is 13.1. The number of benzene rings is 2. The predicted molar refractivity (Wildman–Crippen MR) is 125 cm³/mol. The summed E-state index contributed by atoms with van der Waals surface area (Å²) in [6.45, 7) is 0. The van der Waals surface area contributed by atoms with Crippen LogP contribution in [0.5, 0.6) is 5.75 Å². The molecule has 0 bridgehead atoms. The Morgan fingerprint density at radius 3 is 2.61 bits per heavy atom. The number of hydrogen-bond donors (Lipinski definition) is 3. The fourth-order valence-electron chi connectivity index (χ4n) is 5.46. The molecule has 2 aromatic rings. The molecule has 2 aromatic carbocycles. The summed E-state index contributed by atoms with van der Waals surface area (Å²) >= 11 is 0. The van der Waals surface area contributed by atoms with E-state index < -0.39 is 14.9 Å². The van der Waals surface area contributed by atoms with Crippen molar-refractivity contribution in [3.63, 3.8) is 0 Å². The van der Waals surface area contributed by atoms with Gasteiger partial charge in [-0.2, -0.15) is 0 Å². The smallest absolute Gasteiger partial charge is 0.270 e. The summed E-state index contributed by atoms with van der Waals surface area (Å²) in [5.74, 6) is -0.0347. The van der Waals surface area contributed by atoms with Crippen LogP contribution in [0.15, 0.2) is 53.4 Å². The maximum Gasteiger partial charge on any atom is 0.270 e. The van der Waals surface area contributed by atoms with Gasteiger partial charge in [0.25, 0.3) is 5.69 Å². The molecule has 1 heterocycles. The second-order valence-electron chi connectivity index (χ2n) is 9.18. The number of phenolic OH excluding ortho intramolecular Hbond substituents is 1. The zero-order chi connectivity index (χ0) is 23.2. The van der Waals surface area contributed by atoms with Crippen LogP contribution in [0.1, 0.15) is 61.6 Å². The minimum absolute atomic E-state index is 0.00285. The SMILES string of the molecule is O=[N+]([O-])c1ccc(O)c(C2Nc3ccc(S(=O)(=O)NC4CCCCC4)cc3C3C=CCC32)c1. The molecule has 0 amide bonds. The van der Waals surface area contributed by atoms with Gasteiger partial charge in [0.15, 0.2) is 0 Å². The molecule has 33 heavy (non-hydrogen) atoms. The number of phenols is 1. The molecule has 0 spiro atoms. The molecule has 9 heteroatoms. The van der Waals surface area contributed by atoms with Crippen molar-refractivity contribution in [3.05, 3.63) is 69.8 Å². The van der Waals surface area contributed by atoms with Gasteiger partial charge in [0, 0.05) is 35.3 Å². The zero-order valence-corrected chi connectivity index (χ0v) is 18.9. The van der Waals surface area contributed by atoms with Gasteiger partial charge >= 0.3 is 0 Å². The lowest BCUT2D eigenvalue weighted by Crippen LogP contribution is -2.36. The third-order valence-electron chi connectivity index (χ3n) is 7.13. The Bertz CT molecular complexity index is 1220. The highest BCUT2D eigenvalue weighted by Gasteiger charge is 2.40. The normalized spacial score (nSPS) is 24.7. The Balaban J connectivity index is 1.48. The number of anilines is 1. The molecule has 0 saturated heterocycles. The number of nitro groups is 1. The third-order valence-corrected chi connectivity index (χ3v) is 8.65. The van der Waals surface area contributed by atoms with Crippen molar-refractivity contribution in [1.29, 1.82) is 0 Å². The van der Waals surface area contributed by atoms with E-state index in [0.29, 0.717) is 5.56 Å². The molecular formula is C24H27N3O5S. The number of nitrogens with one attached hydrogen (secondary N) is 2. The Kier molecular flexibility index (Phi) is 5.62. The Morgan fingerprint density at radius 1 is 1.06 bits per heavy atom. The molecule has 3 unspecified atom stereocenters. The topological polar surface area (TPSA) is 122 Å². The second kappa shape index (κ2) is 8.46. The number of aromatic hydroxyl groups is 1. The van der Waals surface area contributed by atoms with Gasteiger partial charge in [-0.3, -0.25) is 10.1 Å². The average molecular weight is 470 g/mol. The van der Waals surface area contributed by atoms with E-state index >= 15 is 0 Å². The minimum Gasteiger partial charge on any atom is -0.508 e. The summed E-state index contributed by atoms with van der Waals surface area (Å²) in [4.78, 5) is 11.1. The van der Waals surface area contributed by atoms with Crippen LogP contribution in [-0.4, -0.2) is 24.5 Å². The maximum atomic E-state index is 13.1. The number of nitrogens with zero attached hydrogens (tertiary/aromatic N) is 1. The van der Waals surface area contributed by atoms with Gasteiger partial charge in [-0.05, 0) is 55.0 Å². The lowest BCUT2D eigenvalue weighted by Gasteiger charge is -2.37. The van der Waals surface area contributed by atoms with E-state index in [0.717, 1.165) is 49.8 Å². The number of hydrogen-bond acceptors (Lipinski definition) is 6. The molecule has 8 nitrogen and oxygen atoms in total. The van der Waals surface area contributed by atoms with Crippen molar-refractivity contribution in [2.75, 3.05) is 5.32 Å². The Hall–Kier alpha value is -2.91. The highest BCUT2D eigenvalue weighted by atomic mass is 32.2. The summed E-state index contributed by atoms with van der Waals surface area (Å²) in [6, 6.07) is 8.81. The van der Waals surface area contributed by atoms with Crippen LogP contribution in [0.4, 0.5) is 11.4 Å². The van der Waals surface area contributed by atoms with E-state index in [-0.39, 0.29) is 40.3 Å². The van der Waals surface area contributed by atoms with E-state index in [9.17, 15) is 23.6 Å². The largest absolute Gasteiger partial charge is 0.508 e. The highest BCUT2D eigenvalue weighted by Crippen LogP contribution is 2.51. The number of rotatable bonds is 5. The lowest BCUT2D eigenvalue weighted by atomic mass is 9.77. The highest BCUT2D eigenvalue weighted by molar-refractivity contribution is 7.89. The fraction of sp³-hybridized carbons (Fsp3) is 0.417. The second-order valence-corrected chi connectivity index (χ2v) is 10.9. The van der Waals surface area contributed by atoms with Crippen molar-refractivity contribution < 1.29 is 18.4 Å². The van der Waals surface area contributed by atoms with Crippen LogP contribution < -0.4 is 10.0 Å². The molecule has 5 rings (SSSR count). The summed E-state index contributed by atoms with van der Waals surface area (Å²) in [5.41, 5.74) is 2.06. The summed E-state index contributed by atoms with van der Waals surface area (Å²) in [6.07, 6.45) is 9.82. The van der Waals surface area contributed by atoms with Gasteiger partial charge in [0.2, 0.25) is 10.0 Å². The van der Waals surface area contributed by atoms with E-state index in [1.807, 2.05) is 0 Å². The Morgan fingerprint density at radius 2 is 1.85 bits per heavy atom. The quantitative estimate of drug-likeness (QED) is 0.330. The van der Waals surface area contributed by atoms with E-state index in [1.54, 1.807) is 18.2 Å².